The lowest BCUT2D eigenvalue weighted by atomic mass is 10.1. The van der Waals surface area contributed by atoms with E-state index in [2.05, 4.69) is 31.9 Å². The lowest BCUT2D eigenvalue weighted by Crippen LogP contribution is -2.36. The van der Waals surface area contributed by atoms with Gasteiger partial charge in [0.25, 0.3) is 5.56 Å². The quantitative estimate of drug-likeness (QED) is 0.339. The Bertz CT molecular complexity index is 1670. The van der Waals surface area contributed by atoms with E-state index in [1.54, 1.807) is 31.2 Å². The number of nitrogens with one attached hydrogen (secondary N) is 4. The van der Waals surface area contributed by atoms with E-state index < -0.39 is 0 Å². The predicted molar refractivity (Wildman–Crippen MR) is 114 cm³/mol. The summed E-state index contributed by atoms with van der Waals surface area (Å²) in [6.45, 7) is 1.73. The van der Waals surface area contributed by atoms with Gasteiger partial charge in [-0.15, -0.1) is 0 Å². The summed E-state index contributed by atoms with van der Waals surface area (Å²) in [6, 6.07) is 14.7. The van der Waals surface area contributed by atoms with Crippen LogP contribution in [0.5, 0.6) is 0 Å². The predicted octanol–water partition coefficient (Wildman–Crippen LogP) is 1.27. The van der Waals surface area contributed by atoms with Crippen molar-refractivity contribution in [1.29, 1.82) is 5.26 Å². The number of nitrogens with zero attached hydrogens (tertiary/aromatic N) is 3. The Balaban J connectivity index is 1.61. The van der Waals surface area contributed by atoms with Crippen LogP contribution in [0, 0.1) is 18.3 Å². The zero-order valence-electron chi connectivity index (χ0n) is 15.8. The Morgan fingerprint density at radius 2 is 1.93 bits per heavy atom. The maximum Gasteiger partial charge on any atom is 0.323 e. The van der Waals surface area contributed by atoms with Gasteiger partial charge in [-0.2, -0.15) is 5.26 Å². The van der Waals surface area contributed by atoms with Gasteiger partial charge in [0, 0.05) is 6.20 Å². The van der Waals surface area contributed by atoms with Crippen molar-refractivity contribution >= 4 is 39.6 Å². The third-order valence-corrected chi connectivity index (χ3v) is 5.06. The van der Waals surface area contributed by atoms with Crippen LogP contribution in [0.3, 0.4) is 0 Å². The fourth-order valence-electron chi connectivity index (χ4n) is 3.59. The van der Waals surface area contributed by atoms with Crippen molar-refractivity contribution in [3.63, 3.8) is 0 Å². The summed E-state index contributed by atoms with van der Waals surface area (Å²) in [4.78, 5) is 34.4. The molecule has 0 amide bonds. The highest BCUT2D eigenvalue weighted by Gasteiger charge is 2.15. The topological polar surface area (TPSA) is 131 Å². The summed E-state index contributed by atoms with van der Waals surface area (Å²) in [5.74, 6) is 0. The van der Waals surface area contributed by atoms with E-state index in [9.17, 15) is 14.9 Å². The number of fused-ring (bicyclic) bond motifs is 4. The second-order valence-electron chi connectivity index (χ2n) is 6.84. The van der Waals surface area contributed by atoms with Gasteiger partial charge in [0.15, 0.2) is 5.65 Å². The first-order valence-corrected chi connectivity index (χ1v) is 9.14. The summed E-state index contributed by atoms with van der Waals surface area (Å²) >= 11 is 0. The molecule has 0 atom stereocenters. The number of imidazole rings is 2. The maximum absolute atomic E-state index is 13.2. The number of hydrogen-bond acceptors (Lipinski definition) is 6. The van der Waals surface area contributed by atoms with Crippen LogP contribution in [0.2, 0.25) is 0 Å². The number of rotatable bonds is 3. The van der Waals surface area contributed by atoms with Gasteiger partial charge in [0.2, 0.25) is 0 Å². The number of aromatic nitrogens is 4. The summed E-state index contributed by atoms with van der Waals surface area (Å²) in [7, 11) is 0. The van der Waals surface area contributed by atoms with Crippen molar-refractivity contribution in [2.24, 2.45) is 0 Å². The molecule has 2 aromatic carbocycles. The van der Waals surface area contributed by atoms with Gasteiger partial charge in [0.05, 0.1) is 38.5 Å². The Hall–Kier alpha value is -4.58. The van der Waals surface area contributed by atoms with E-state index >= 15 is 0 Å². The van der Waals surface area contributed by atoms with Crippen LogP contribution in [0.25, 0.3) is 33.9 Å². The summed E-state index contributed by atoms with van der Waals surface area (Å²) < 4.78 is 1.46. The SMILES string of the molecule is Cc1c(C#N)c2nc3ccccc3n2c(=O)c1=CNNc1ccc2[nH]c(=O)[nH]c2c1. The van der Waals surface area contributed by atoms with Crippen molar-refractivity contribution in [2.45, 2.75) is 6.92 Å². The number of anilines is 1. The van der Waals surface area contributed by atoms with E-state index in [1.165, 1.54) is 10.6 Å². The van der Waals surface area contributed by atoms with E-state index in [-0.39, 0.29) is 11.2 Å². The molecular formula is C21H15N7O2. The van der Waals surface area contributed by atoms with Crippen molar-refractivity contribution in [3.8, 4) is 6.07 Å². The van der Waals surface area contributed by atoms with Gasteiger partial charge < -0.3 is 20.8 Å². The molecule has 0 aliphatic carbocycles. The number of para-hydroxylation sites is 2. The van der Waals surface area contributed by atoms with Gasteiger partial charge >= 0.3 is 5.69 Å². The van der Waals surface area contributed by atoms with Crippen LogP contribution in [-0.2, 0) is 0 Å². The molecule has 0 aliphatic heterocycles. The van der Waals surface area contributed by atoms with Crippen molar-refractivity contribution in [2.75, 3.05) is 5.43 Å². The lowest BCUT2D eigenvalue weighted by molar-refractivity contribution is 1.06. The molecule has 3 heterocycles. The minimum absolute atomic E-state index is 0.269. The fraction of sp³-hybridized carbons (Fsp3) is 0.0476. The highest BCUT2D eigenvalue weighted by atomic mass is 16.1. The minimum atomic E-state index is -0.279. The highest BCUT2D eigenvalue weighted by molar-refractivity contribution is 5.82. The Labute approximate surface area is 168 Å². The molecule has 3 aromatic heterocycles. The van der Waals surface area contributed by atoms with Gasteiger partial charge in [-0.05, 0) is 42.8 Å². The zero-order chi connectivity index (χ0) is 20.8. The second-order valence-corrected chi connectivity index (χ2v) is 6.84. The van der Waals surface area contributed by atoms with Crippen LogP contribution < -0.4 is 27.3 Å². The molecule has 0 aliphatic rings. The van der Waals surface area contributed by atoms with Crippen LogP contribution in [0.4, 0.5) is 5.69 Å². The largest absolute Gasteiger partial charge is 0.323 e. The van der Waals surface area contributed by atoms with Crippen LogP contribution in [0.1, 0.15) is 11.1 Å². The van der Waals surface area contributed by atoms with Crippen molar-refractivity contribution in [1.82, 2.24) is 24.8 Å². The molecular weight excluding hydrogens is 382 g/mol. The molecule has 5 aromatic rings. The van der Waals surface area contributed by atoms with Gasteiger partial charge in [-0.3, -0.25) is 9.20 Å². The van der Waals surface area contributed by atoms with Gasteiger partial charge in [0.1, 0.15) is 6.07 Å². The van der Waals surface area contributed by atoms with E-state index in [0.717, 1.165) is 0 Å². The smallest absolute Gasteiger partial charge is 0.307 e. The minimum Gasteiger partial charge on any atom is -0.307 e. The maximum atomic E-state index is 13.2. The van der Waals surface area contributed by atoms with E-state index in [4.69, 9.17) is 0 Å². The van der Waals surface area contributed by atoms with Crippen LogP contribution in [-0.4, -0.2) is 19.4 Å². The molecule has 30 heavy (non-hydrogen) atoms. The number of H-pyrrole nitrogens is 2. The van der Waals surface area contributed by atoms with Gasteiger partial charge in [-0.1, -0.05) is 12.1 Å². The molecule has 0 saturated heterocycles. The average molecular weight is 397 g/mol. The average Bonchev–Trinajstić information content (AvgIpc) is 3.30. The third kappa shape index (κ3) is 2.59. The van der Waals surface area contributed by atoms with Crippen LogP contribution >= 0.6 is 0 Å². The molecule has 4 N–H and O–H groups in total. The van der Waals surface area contributed by atoms with E-state index in [0.29, 0.717) is 49.7 Å². The zero-order valence-corrected chi connectivity index (χ0v) is 15.8. The normalized spacial score (nSPS) is 11.9. The second kappa shape index (κ2) is 6.49. The summed E-state index contributed by atoms with van der Waals surface area (Å²) in [5, 5.41) is 10.0. The fourth-order valence-corrected chi connectivity index (χ4v) is 3.59. The molecule has 9 heteroatoms. The molecule has 0 radical (unpaired) electrons. The number of pyridine rings is 1. The first kappa shape index (κ1) is 17.5. The lowest BCUT2D eigenvalue weighted by Gasteiger charge is -2.07. The van der Waals surface area contributed by atoms with Crippen LogP contribution in [0.15, 0.2) is 52.1 Å². The number of benzene rings is 2. The molecule has 0 spiro atoms. The van der Waals surface area contributed by atoms with E-state index in [1.807, 2.05) is 18.2 Å². The monoisotopic (exact) mass is 397 g/mol. The molecule has 0 unspecified atom stereocenters. The highest BCUT2D eigenvalue weighted by Crippen LogP contribution is 2.17. The molecule has 5 rings (SSSR count). The Kier molecular flexibility index (Phi) is 3.79. The molecule has 9 nitrogen and oxygen atoms in total. The van der Waals surface area contributed by atoms with Crippen molar-refractivity contribution < 1.29 is 0 Å². The van der Waals surface area contributed by atoms with Crippen molar-refractivity contribution in [3.05, 3.63) is 79.6 Å². The van der Waals surface area contributed by atoms with Gasteiger partial charge in [-0.25, -0.2) is 9.78 Å². The summed E-state index contributed by atoms with van der Waals surface area (Å²) in [6.07, 6.45) is 1.52. The molecule has 0 fully saturated rings. The molecule has 0 bridgehead atoms. The number of aromatic amines is 2. The molecule has 146 valence electrons. The molecule has 0 saturated carbocycles. The number of nitriles is 1. The Morgan fingerprint density at radius 1 is 1.13 bits per heavy atom. The standard InChI is InChI=1S/C21H15N7O2/c1-11-13(9-22)19-24-16-4-2-3-5-18(16)28(19)20(29)14(11)10-23-27-12-6-7-15-17(8-12)26-21(30)25-15/h2-8,10,23,27H,1H3,(H2,25,26,30). The third-order valence-electron chi connectivity index (χ3n) is 5.06. The first-order valence-electron chi connectivity index (χ1n) is 9.14. The summed E-state index contributed by atoms with van der Waals surface area (Å²) in [5.41, 5.74) is 9.94. The number of hydrogen-bond donors (Lipinski definition) is 4. The first-order chi connectivity index (χ1) is 14.6. The Morgan fingerprint density at radius 3 is 2.77 bits per heavy atom. The number of hydrazine groups is 1.